The molecule has 0 spiro atoms. The molecule has 0 radical (unpaired) electrons. The zero-order valence-electron chi connectivity index (χ0n) is 9.62. The summed E-state index contributed by atoms with van der Waals surface area (Å²) in [7, 11) is 0. The fraction of sp³-hybridized carbons (Fsp3) is 0.462. The summed E-state index contributed by atoms with van der Waals surface area (Å²) in [5, 5.41) is 7.55. The SMILES string of the molecule is Clc1ccc(C2CC2NC2=NCCCN2)cc1. The minimum absolute atomic E-state index is 0.528. The molecule has 1 aromatic rings. The topological polar surface area (TPSA) is 36.4 Å². The Labute approximate surface area is 106 Å². The number of halogens is 1. The van der Waals surface area contributed by atoms with Crippen LogP contribution in [0.1, 0.15) is 24.3 Å². The van der Waals surface area contributed by atoms with Crippen molar-refractivity contribution in [2.75, 3.05) is 13.1 Å². The lowest BCUT2D eigenvalue weighted by molar-refractivity contribution is 0.696. The van der Waals surface area contributed by atoms with Crippen molar-refractivity contribution in [3.05, 3.63) is 34.9 Å². The number of guanidine groups is 1. The van der Waals surface area contributed by atoms with Gasteiger partial charge in [0.25, 0.3) is 0 Å². The molecule has 2 N–H and O–H groups in total. The van der Waals surface area contributed by atoms with Crippen LogP contribution in [0.15, 0.2) is 29.3 Å². The molecule has 1 saturated carbocycles. The predicted molar refractivity (Wildman–Crippen MR) is 70.7 cm³/mol. The molecule has 90 valence electrons. The van der Waals surface area contributed by atoms with Crippen LogP contribution >= 0.6 is 11.6 Å². The zero-order valence-corrected chi connectivity index (χ0v) is 10.4. The fourth-order valence-corrected chi connectivity index (χ4v) is 2.36. The van der Waals surface area contributed by atoms with E-state index in [1.54, 1.807) is 0 Å². The normalized spacial score (nSPS) is 27.0. The molecule has 0 saturated heterocycles. The highest BCUT2D eigenvalue weighted by molar-refractivity contribution is 6.30. The van der Waals surface area contributed by atoms with Crippen LogP contribution in [0, 0.1) is 0 Å². The van der Waals surface area contributed by atoms with E-state index < -0.39 is 0 Å². The van der Waals surface area contributed by atoms with Gasteiger partial charge < -0.3 is 10.6 Å². The maximum Gasteiger partial charge on any atom is 0.191 e. The number of hydrogen-bond acceptors (Lipinski definition) is 3. The Morgan fingerprint density at radius 3 is 2.82 bits per heavy atom. The third-order valence-corrected chi connectivity index (χ3v) is 3.56. The van der Waals surface area contributed by atoms with Gasteiger partial charge in [-0.25, -0.2) is 0 Å². The molecule has 0 amide bonds. The van der Waals surface area contributed by atoms with Gasteiger partial charge in [-0.2, -0.15) is 0 Å². The number of aliphatic imine (C=N–C) groups is 1. The lowest BCUT2D eigenvalue weighted by atomic mass is 10.1. The first-order valence-electron chi connectivity index (χ1n) is 6.13. The van der Waals surface area contributed by atoms with E-state index in [4.69, 9.17) is 11.6 Å². The van der Waals surface area contributed by atoms with Gasteiger partial charge in [-0.1, -0.05) is 23.7 Å². The third kappa shape index (κ3) is 2.55. The summed E-state index contributed by atoms with van der Waals surface area (Å²) in [4.78, 5) is 4.43. The minimum Gasteiger partial charge on any atom is -0.356 e. The van der Waals surface area contributed by atoms with Gasteiger partial charge in [0.05, 0.1) is 0 Å². The highest BCUT2D eigenvalue weighted by Crippen LogP contribution is 2.40. The van der Waals surface area contributed by atoms with E-state index in [-0.39, 0.29) is 0 Å². The van der Waals surface area contributed by atoms with E-state index in [2.05, 4.69) is 27.8 Å². The monoisotopic (exact) mass is 249 g/mol. The first-order chi connectivity index (χ1) is 8.33. The minimum atomic E-state index is 0.528. The lowest BCUT2D eigenvalue weighted by Gasteiger charge is -2.16. The van der Waals surface area contributed by atoms with Crippen molar-refractivity contribution in [1.82, 2.24) is 10.6 Å². The Kier molecular flexibility index (Phi) is 2.93. The molecule has 2 unspecified atom stereocenters. The molecule has 1 aliphatic carbocycles. The lowest BCUT2D eigenvalue weighted by Crippen LogP contribution is -2.42. The van der Waals surface area contributed by atoms with Crippen molar-refractivity contribution in [2.45, 2.75) is 24.8 Å². The third-order valence-electron chi connectivity index (χ3n) is 3.31. The second-order valence-electron chi connectivity index (χ2n) is 4.66. The molecule has 2 aliphatic rings. The van der Waals surface area contributed by atoms with Crippen LogP contribution in [0.5, 0.6) is 0 Å². The number of rotatable bonds is 2. The summed E-state index contributed by atoms with van der Waals surface area (Å²) in [5.41, 5.74) is 1.36. The second-order valence-corrected chi connectivity index (χ2v) is 5.09. The number of nitrogens with one attached hydrogen (secondary N) is 2. The van der Waals surface area contributed by atoms with Crippen LogP contribution in [-0.4, -0.2) is 25.1 Å². The highest BCUT2D eigenvalue weighted by Gasteiger charge is 2.39. The van der Waals surface area contributed by atoms with Crippen LogP contribution in [-0.2, 0) is 0 Å². The number of hydrogen-bond donors (Lipinski definition) is 2. The molecule has 2 atom stereocenters. The van der Waals surface area contributed by atoms with E-state index >= 15 is 0 Å². The molecule has 0 bridgehead atoms. The van der Waals surface area contributed by atoms with Crippen molar-refractivity contribution in [3.63, 3.8) is 0 Å². The Balaban J connectivity index is 1.59. The van der Waals surface area contributed by atoms with Gasteiger partial charge in [-0.05, 0) is 30.5 Å². The Bertz CT molecular complexity index is 427. The standard InChI is InChI=1S/C13H16ClN3/c14-10-4-2-9(3-5-10)11-8-12(11)17-13-15-6-1-7-16-13/h2-5,11-12H,1,6-8H2,(H2,15,16,17). The van der Waals surface area contributed by atoms with Crippen molar-refractivity contribution >= 4 is 17.6 Å². The van der Waals surface area contributed by atoms with Crippen LogP contribution in [0.4, 0.5) is 0 Å². The summed E-state index contributed by atoms with van der Waals surface area (Å²) < 4.78 is 0. The van der Waals surface area contributed by atoms with Gasteiger partial charge in [0.2, 0.25) is 0 Å². The molecule has 17 heavy (non-hydrogen) atoms. The van der Waals surface area contributed by atoms with Gasteiger partial charge in [-0.3, -0.25) is 4.99 Å². The van der Waals surface area contributed by atoms with E-state index in [1.807, 2.05) is 12.1 Å². The molecule has 1 fully saturated rings. The number of benzene rings is 1. The first-order valence-corrected chi connectivity index (χ1v) is 6.51. The van der Waals surface area contributed by atoms with Gasteiger partial charge >= 0.3 is 0 Å². The van der Waals surface area contributed by atoms with Gasteiger partial charge in [0.1, 0.15) is 0 Å². The van der Waals surface area contributed by atoms with Crippen LogP contribution < -0.4 is 10.6 Å². The molecular weight excluding hydrogens is 234 g/mol. The van der Waals surface area contributed by atoms with E-state index in [0.29, 0.717) is 12.0 Å². The highest BCUT2D eigenvalue weighted by atomic mass is 35.5. The molecule has 3 rings (SSSR count). The van der Waals surface area contributed by atoms with Crippen molar-refractivity contribution in [3.8, 4) is 0 Å². The second kappa shape index (κ2) is 4.57. The van der Waals surface area contributed by atoms with Crippen LogP contribution in [0.3, 0.4) is 0 Å². The maximum absolute atomic E-state index is 5.88. The van der Waals surface area contributed by atoms with E-state index in [9.17, 15) is 0 Å². The number of nitrogens with zero attached hydrogens (tertiary/aromatic N) is 1. The molecular formula is C13H16ClN3. The average Bonchev–Trinajstić information content (AvgIpc) is 3.11. The quantitative estimate of drug-likeness (QED) is 0.843. The maximum atomic E-state index is 5.88. The smallest absolute Gasteiger partial charge is 0.191 e. The molecule has 1 aliphatic heterocycles. The molecule has 1 aromatic carbocycles. The van der Waals surface area contributed by atoms with Gasteiger partial charge in [0, 0.05) is 30.1 Å². The molecule has 1 heterocycles. The van der Waals surface area contributed by atoms with Gasteiger partial charge in [0.15, 0.2) is 5.96 Å². The Morgan fingerprint density at radius 1 is 1.29 bits per heavy atom. The van der Waals surface area contributed by atoms with Gasteiger partial charge in [-0.15, -0.1) is 0 Å². The van der Waals surface area contributed by atoms with E-state index in [1.165, 1.54) is 12.0 Å². The van der Waals surface area contributed by atoms with Crippen molar-refractivity contribution in [2.24, 2.45) is 4.99 Å². The molecule has 0 aromatic heterocycles. The van der Waals surface area contributed by atoms with E-state index in [0.717, 1.165) is 30.5 Å². The summed E-state index contributed by atoms with van der Waals surface area (Å²) in [5.74, 6) is 1.58. The first kappa shape index (κ1) is 10.9. The fourth-order valence-electron chi connectivity index (χ4n) is 2.24. The Morgan fingerprint density at radius 2 is 2.12 bits per heavy atom. The Hall–Kier alpha value is -1.22. The summed E-state index contributed by atoms with van der Waals surface area (Å²) in [6.45, 7) is 1.97. The largest absolute Gasteiger partial charge is 0.356 e. The molecule has 3 nitrogen and oxygen atoms in total. The zero-order chi connectivity index (χ0) is 11.7. The molecule has 4 heteroatoms. The van der Waals surface area contributed by atoms with Crippen molar-refractivity contribution < 1.29 is 0 Å². The van der Waals surface area contributed by atoms with Crippen LogP contribution in [0.2, 0.25) is 5.02 Å². The predicted octanol–water partition coefficient (Wildman–Crippen LogP) is 2.13. The summed E-state index contributed by atoms with van der Waals surface area (Å²) in [6.07, 6.45) is 2.32. The van der Waals surface area contributed by atoms with Crippen molar-refractivity contribution in [1.29, 1.82) is 0 Å². The summed E-state index contributed by atoms with van der Waals surface area (Å²) >= 11 is 5.88. The summed E-state index contributed by atoms with van der Waals surface area (Å²) in [6, 6.07) is 8.68. The van der Waals surface area contributed by atoms with Crippen LogP contribution in [0.25, 0.3) is 0 Å². The average molecular weight is 250 g/mol.